The molecule has 0 spiro atoms. The summed E-state index contributed by atoms with van der Waals surface area (Å²) in [6.07, 6.45) is 1.80. The van der Waals surface area contributed by atoms with Crippen molar-refractivity contribution in [2.45, 2.75) is 27.3 Å². The summed E-state index contributed by atoms with van der Waals surface area (Å²) in [6.45, 7) is 9.68. The molecule has 1 aromatic heterocycles. The van der Waals surface area contributed by atoms with Crippen LogP contribution in [-0.4, -0.2) is 22.9 Å². The van der Waals surface area contributed by atoms with Crippen LogP contribution >= 0.6 is 0 Å². The SMILES string of the molecule is C=CCn1c(C)cc(C(=O)COc2cccc(NC(C)=O)c2)c1C. The molecule has 1 aromatic carbocycles. The number of allylic oxidation sites excluding steroid dienone is 1. The molecule has 1 heterocycles. The van der Waals surface area contributed by atoms with Gasteiger partial charge < -0.3 is 14.6 Å². The number of carbonyl (C=O) groups excluding carboxylic acids is 2. The van der Waals surface area contributed by atoms with Crippen molar-refractivity contribution in [2.75, 3.05) is 11.9 Å². The van der Waals surface area contributed by atoms with Crippen LogP contribution in [0.3, 0.4) is 0 Å². The standard InChI is InChI=1S/C19H22N2O3/c1-5-9-21-13(2)10-18(14(21)3)19(23)12-24-17-8-6-7-16(11-17)20-15(4)22/h5-8,10-11H,1,9,12H2,2-4H3,(H,20,22). The van der Waals surface area contributed by atoms with Gasteiger partial charge in [-0.2, -0.15) is 0 Å². The van der Waals surface area contributed by atoms with Gasteiger partial charge in [-0.15, -0.1) is 6.58 Å². The molecule has 2 rings (SSSR count). The highest BCUT2D eigenvalue weighted by molar-refractivity contribution is 5.98. The fraction of sp³-hybridized carbons (Fsp3) is 0.263. The number of carbonyl (C=O) groups is 2. The summed E-state index contributed by atoms with van der Waals surface area (Å²) < 4.78 is 7.62. The Labute approximate surface area is 141 Å². The van der Waals surface area contributed by atoms with E-state index >= 15 is 0 Å². The number of anilines is 1. The molecule has 0 bridgehead atoms. The van der Waals surface area contributed by atoms with E-state index in [4.69, 9.17) is 4.74 Å². The van der Waals surface area contributed by atoms with E-state index in [9.17, 15) is 9.59 Å². The van der Waals surface area contributed by atoms with Crippen LogP contribution in [0.5, 0.6) is 5.75 Å². The van der Waals surface area contributed by atoms with E-state index < -0.39 is 0 Å². The molecule has 0 fully saturated rings. The van der Waals surface area contributed by atoms with Gasteiger partial charge in [0.2, 0.25) is 11.7 Å². The van der Waals surface area contributed by atoms with Crippen molar-refractivity contribution in [1.82, 2.24) is 4.57 Å². The summed E-state index contributed by atoms with van der Waals surface area (Å²) in [7, 11) is 0. The highest BCUT2D eigenvalue weighted by Crippen LogP contribution is 2.19. The second-order valence-electron chi connectivity index (χ2n) is 5.60. The molecule has 0 atom stereocenters. The Kier molecular flexibility index (Phi) is 5.58. The third-order valence-corrected chi connectivity index (χ3v) is 3.71. The zero-order chi connectivity index (χ0) is 17.7. The first kappa shape index (κ1) is 17.5. The van der Waals surface area contributed by atoms with Crippen molar-refractivity contribution >= 4 is 17.4 Å². The molecule has 0 aliphatic heterocycles. The highest BCUT2D eigenvalue weighted by atomic mass is 16.5. The molecule has 0 saturated heterocycles. The predicted octanol–water partition coefficient (Wildman–Crippen LogP) is 3.51. The first-order chi connectivity index (χ1) is 11.4. The summed E-state index contributed by atoms with van der Waals surface area (Å²) in [4.78, 5) is 23.5. The first-order valence-corrected chi connectivity index (χ1v) is 7.73. The van der Waals surface area contributed by atoms with E-state index in [2.05, 4.69) is 11.9 Å². The number of hydrogen-bond donors (Lipinski definition) is 1. The van der Waals surface area contributed by atoms with Crippen LogP contribution in [0.2, 0.25) is 0 Å². The minimum atomic E-state index is -0.155. The molecular formula is C19H22N2O3. The quantitative estimate of drug-likeness (QED) is 0.625. The number of ether oxygens (including phenoxy) is 1. The normalized spacial score (nSPS) is 10.3. The molecule has 5 heteroatoms. The second-order valence-corrected chi connectivity index (χ2v) is 5.60. The van der Waals surface area contributed by atoms with Crippen LogP contribution < -0.4 is 10.1 Å². The zero-order valence-electron chi connectivity index (χ0n) is 14.3. The van der Waals surface area contributed by atoms with Gasteiger partial charge in [-0.05, 0) is 32.0 Å². The molecular weight excluding hydrogens is 304 g/mol. The largest absolute Gasteiger partial charge is 0.485 e. The van der Waals surface area contributed by atoms with E-state index in [0.29, 0.717) is 23.5 Å². The highest BCUT2D eigenvalue weighted by Gasteiger charge is 2.15. The second kappa shape index (κ2) is 7.64. The number of rotatable bonds is 7. The van der Waals surface area contributed by atoms with Crippen LogP contribution in [-0.2, 0) is 11.3 Å². The number of nitrogens with one attached hydrogen (secondary N) is 1. The van der Waals surface area contributed by atoms with E-state index in [0.717, 1.165) is 11.4 Å². The van der Waals surface area contributed by atoms with Gasteiger partial charge in [-0.1, -0.05) is 12.1 Å². The average molecular weight is 326 g/mol. The third-order valence-electron chi connectivity index (χ3n) is 3.71. The van der Waals surface area contributed by atoms with Crippen molar-refractivity contribution in [2.24, 2.45) is 0 Å². The Morgan fingerprint density at radius 1 is 1.29 bits per heavy atom. The lowest BCUT2D eigenvalue weighted by Crippen LogP contribution is -2.13. The van der Waals surface area contributed by atoms with Gasteiger partial charge in [-0.25, -0.2) is 0 Å². The Hall–Kier alpha value is -2.82. The fourth-order valence-electron chi connectivity index (χ4n) is 2.59. The maximum Gasteiger partial charge on any atom is 0.221 e. The Morgan fingerprint density at radius 3 is 2.71 bits per heavy atom. The van der Waals surface area contributed by atoms with Crippen LogP contribution in [0.4, 0.5) is 5.69 Å². The molecule has 126 valence electrons. The Bertz CT molecular complexity index is 775. The molecule has 5 nitrogen and oxygen atoms in total. The molecule has 24 heavy (non-hydrogen) atoms. The number of hydrogen-bond acceptors (Lipinski definition) is 3. The third kappa shape index (κ3) is 4.13. The van der Waals surface area contributed by atoms with Gasteiger partial charge >= 0.3 is 0 Å². The minimum Gasteiger partial charge on any atom is -0.485 e. The first-order valence-electron chi connectivity index (χ1n) is 7.73. The number of benzene rings is 1. The smallest absolute Gasteiger partial charge is 0.221 e. The van der Waals surface area contributed by atoms with Crippen molar-refractivity contribution < 1.29 is 14.3 Å². The molecule has 2 aromatic rings. The Balaban J connectivity index is 2.07. The molecule has 1 amide bonds. The molecule has 0 radical (unpaired) electrons. The number of nitrogens with zero attached hydrogens (tertiary/aromatic N) is 1. The van der Waals surface area contributed by atoms with Crippen LogP contribution in [0.1, 0.15) is 28.7 Å². The van der Waals surface area contributed by atoms with E-state index in [1.54, 1.807) is 30.3 Å². The van der Waals surface area contributed by atoms with Gasteiger partial charge in [0.05, 0.1) is 0 Å². The monoisotopic (exact) mass is 326 g/mol. The summed E-state index contributed by atoms with van der Waals surface area (Å²) in [5.74, 6) is 0.302. The number of amides is 1. The summed E-state index contributed by atoms with van der Waals surface area (Å²) >= 11 is 0. The van der Waals surface area contributed by atoms with Crippen LogP contribution in [0, 0.1) is 13.8 Å². The lowest BCUT2D eigenvalue weighted by Gasteiger charge is -2.09. The number of aromatic nitrogens is 1. The van der Waals surface area contributed by atoms with Gasteiger partial charge in [0.1, 0.15) is 5.75 Å². The van der Waals surface area contributed by atoms with Gasteiger partial charge in [0.25, 0.3) is 0 Å². The van der Waals surface area contributed by atoms with E-state index in [1.807, 2.05) is 24.5 Å². The minimum absolute atomic E-state index is 0.0537. The number of Topliss-reactive ketones (excluding diaryl/α,β-unsaturated/α-hetero) is 1. The van der Waals surface area contributed by atoms with Crippen molar-refractivity contribution in [3.63, 3.8) is 0 Å². The Morgan fingerprint density at radius 2 is 2.04 bits per heavy atom. The zero-order valence-corrected chi connectivity index (χ0v) is 14.3. The summed E-state index contributed by atoms with van der Waals surface area (Å²) in [5.41, 5.74) is 3.22. The van der Waals surface area contributed by atoms with Gasteiger partial charge in [0.15, 0.2) is 6.61 Å². The maximum absolute atomic E-state index is 12.4. The van der Waals surface area contributed by atoms with E-state index in [1.165, 1.54) is 6.92 Å². The summed E-state index contributed by atoms with van der Waals surface area (Å²) in [6, 6.07) is 8.84. The van der Waals surface area contributed by atoms with E-state index in [-0.39, 0.29) is 18.3 Å². The molecule has 0 aliphatic carbocycles. The lowest BCUT2D eigenvalue weighted by molar-refractivity contribution is -0.114. The predicted molar refractivity (Wildman–Crippen MR) is 94.7 cm³/mol. The fourth-order valence-corrected chi connectivity index (χ4v) is 2.59. The topological polar surface area (TPSA) is 60.3 Å². The molecule has 0 unspecified atom stereocenters. The average Bonchev–Trinajstić information content (AvgIpc) is 2.81. The number of aryl methyl sites for hydroxylation is 1. The van der Waals surface area contributed by atoms with Crippen molar-refractivity contribution in [1.29, 1.82) is 0 Å². The van der Waals surface area contributed by atoms with Crippen LogP contribution in [0.15, 0.2) is 43.0 Å². The molecule has 0 aliphatic rings. The van der Waals surface area contributed by atoms with Gasteiger partial charge in [0, 0.05) is 42.2 Å². The lowest BCUT2D eigenvalue weighted by atomic mass is 10.1. The van der Waals surface area contributed by atoms with Crippen LogP contribution in [0.25, 0.3) is 0 Å². The number of ketones is 1. The molecule has 1 N–H and O–H groups in total. The maximum atomic E-state index is 12.4. The molecule has 0 saturated carbocycles. The van der Waals surface area contributed by atoms with Crippen molar-refractivity contribution in [3.05, 3.63) is 59.9 Å². The summed E-state index contributed by atoms with van der Waals surface area (Å²) in [5, 5.41) is 2.68. The van der Waals surface area contributed by atoms with Gasteiger partial charge in [-0.3, -0.25) is 9.59 Å². The van der Waals surface area contributed by atoms with Crippen molar-refractivity contribution in [3.8, 4) is 5.75 Å².